The molecule has 3 N–H and O–H groups in total. The third-order valence-corrected chi connectivity index (χ3v) is 4.00. The molecule has 7 nitrogen and oxygen atoms in total. The lowest BCUT2D eigenvalue weighted by Crippen LogP contribution is -2.06. The molecule has 3 aromatic rings. The molecule has 1 heterocycles. The van der Waals surface area contributed by atoms with Crippen LogP contribution in [-0.2, 0) is 4.79 Å². The number of aromatic nitrogens is 3. The van der Waals surface area contributed by atoms with Crippen LogP contribution in [0.1, 0.15) is 18.1 Å². The molecule has 0 fully saturated rings. The fourth-order valence-electron chi connectivity index (χ4n) is 2.59. The molecule has 3 rings (SSSR count). The fourth-order valence-corrected chi connectivity index (χ4v) is 2.96. The standard InChI is InChI=1S/C19H19ClN6O/c1-11-8-12(2)18(16(20)9-11)25-19-24-17(10-21-26-19)23-15-6-4-14(5-7-15)22-13(3)27/h4-10H,1-3H3,(H,22,27)(H2,23,24,25,26). The molecule has 8 heteroatoms. The molecule has 1 aromatic heterocycles. The predicted octanol–water partition coefficient (Wildman–Crippen LogP) is 4.59. The highest BCUT2D eigenvalue weighted by atomic mass is 35.5. The van der Waals surface area contributed by atoms with Gasteiger partial charge in [0.05, 0.1) is 16.9 Å². The number of rotatable bonds is 5. The van der Waals surface area contributed by atoms with Crippen molar-refractivity contribution in [1.29, 1.82) is 0 Å². The molecule has 2 aromatic carbocycles. The van der Waals surface area contributed by atoms with E-state index in [2.05, 4.69) is 31.1 Å². The molecule has 0 unspecified atom stereocenters. The number of halogens is 1. The summed E-state index contributed by atoms with van der Waals surface area (Å²) in [5.41, 5.74) is 4.36. The lowest BCUT2D eigenvalue weighted by Gasteiger charge is -2.12. The van der Waals surface area contributed by atoms with Gasteiger partial charge in [0, 0.05) is 18.3 Å². The number of nitrogens with zero attached hydrogens (tertiary/aromatic N) is 3. The largest absolute Gasteiger partial charge is 0.339 e. The van der Waals surface area contributed by atoms with E-state index in [0.717, 1.165) is 28.2 Å². The normalized spacial score (nSPS) is 10.4. The zero-order valence-electron chi connectivity index (χ0n) is 15.2. The van der Waals surface area contributed by atoms with Crippen molar-refractivity contribution in [1.82, 2.24) is 15.2 Å². The average Bonchev–Trinajstić information content (AvgIpc) is 2.60. The van der Waals surface area contributed by atoms with Crippen molar-refractivity contribution in [3.05, 3.63) is 58.7 Å². The van der Waals surface area contributed by atoms with Gasteiger partial charge >= 0.3 is 0 Å². The quantitative estimate of drug-likeness (QED) is 0.597. The van der Waals surface area contributed by atoms with E-state index in [4.69, 9.17) is 11.6 Å². The van der Waals surface area contributed by atoms with E-state index in [9.17, 15) is 4.79 Å². The van der Waals surface area contributed by atoms with E-state index in [1.54, 1.807) is 12.1 Å². The molecule has 1 amide bonds. The minimum absolute atomic E-state index is 0.114. The minimum atomic E-state index is -0.114. The summed E-state index contributed by atoms with van der Waals surface area (Å²) in [6, 6.07) is 11.2. The molecule has 0 spiro atoms. The summed E-state index contributed by atoms with van der Waals surface area (Å²) in [6.45, 7) is 5.42. The predicted molar refractivity (Wildman–Crippen MR) is 108 cm³/mol. The van der Waals surface area contributed by atoms with Gasteiger partial charge in [0.15, 0.2) is 5.82 Å². The molecule has 138 valence electrons. The van der Waals surface area contributed by atoms with Crippen LogP contribution in [-0.4, -0.2) is 21.1 Å². The molecular formula is C19H19ClN6O. The Morgan fingerprint density at radius 3 is 2.41 bits per heavy atom. The third kappa shape index (κ3) is 4.92. The first-order valence-electron chi connectivity index (χ1n) is 8.29. The van der Waals surface area contributed by atoms with Crippen molar-refractivity contribution < 1.29 is 4.79 Å². The molecule has 0 aliphatic heterocycles. The van der Waals surface area contributed by atoms with Crippen molar-refractivity contribution in [2.45, 2.75) is 20.8 Å². The lowest BCUT2D eigenvalue weighted by atomic mass is 10.1. The molecule has 0 radical (unpaired) electrons. The third-order valence-electron chi connectivity index (χ3n) is 3.71. The minimum Gasteiger partial charge on any atom is -0.339 e. The van der Waals surface area contributed by atoms with Crippen LogP contribution >= 0.6 is 11.6 Å². The first-order chi connectivity index (χ1) is 12.9. The summed E-state index contributed by atoms with van der Waals surface area (Å²) >= 11 is 6.32. The van der Waals surface area contributed by atoms with Gasteiger partial charge in [-0.05, 0) is 55.3 Å². The maximum absolute atomic E-state index is 11.1. The van der Waals surface area contributed by atoms with Crippen molar-refractivity contribution in [2.75, 3.05) is 16.0 Å². The second-order valence-electron chi connectivity index (χ2n) is 6.11. The summed E-state index contributed by atoms with van der Waals surface area (Å²) in [4.78, 5) is 15.5. The Labute approximate surface area is 162 Å². The van der Waals surface area contributed by atoms with Gasteiger partial charge in [0.2, 0.25) is 11.9 Å². The van der Waals surface area contributed by atoms with Gasteiger partial charge in [-0.25, -0.2) is 0 Å². The highest BCUT2D eigenvalue weighted by Gasteiger charge is 2.09. The van der Waals surface area contributed by atoms with Gasteiger partial charge in [-0.2, -0.15) is 10.1 Å². The summed E-state index contributed by atoms with van der Waals surface area (Å²) in [5.74, 6) is 0.751. The van der Waals surface area contributed by atoms with Crippen LogP contribution in [0.3, 0.4) is 0 Å². The van der Waals surface area contributed by atoms with E-state index in [-0.39, 0.29) is 5.91 Å². The molecule has 0 saturated heterocycles. The van der Waals surface area contributed by atoms with E-state index >= 15 is 0 Å². The van der Waals surface area contributed by atoms with Crippen LogP contribution in [0.2, 0.25) is 5.02 Å². The summed E-state index contributed by atoms with van der Waals surface area (Å²) < 4.78 is 0. The second kappa shape index (κ2) is 8.01. The number of hydrogen-bond donors (Lipinski definition) is 3. The molecule has 27 heavy (non-hydrogen) atoms. The molecule has 0 atom stereocenters. The smallest absolute Gasteiger partial charge is 0.249 e. The summed E-state index contributed by atoms with van der Waals surface area (Å²) in [7, 11) is 0. The summed E-state index contributed by atoms with van der Waals surface area (Å²) in [6.07, 6.45) is 1.52. The summed E-state index contributed by atoms with van der Waals surface area (Å²) in [5, 5.41) is 17.6. The maximum atomic E-state index is 11.1. The van der Waals surface area contributed by atoms with Crippen molar-refractivity contribution in [2.24, 2.45) is 0 Å². The van der Waals surface area contributed by atoms with E-state index in [1.807, 2.05) is 38.1 Å². The van der Waals surface area contributed by atoms with Crippen LogP contribution in [0.5, 0.6) is 0 Å². The van der Waals surface area contributed by atoms with Crippen molar-refractivity contribution in [3.8, 4) is 0 Å². The van der Waals surface area contributed by atoms with Gasteiger partial charge in [-0.3, -0.25) is 4.79 Å². The average molecular weight is 383 g/mol. The van der Waals surface area contributed by atoms with Gasteiger partial charge in [-0.1, -0.05) is 17.7 Å². The van der Waals surface area contributed by atoms with Crippen LogP contribution in [0.4, 0.5) is 28.8 Å². The molecule has 0 aliphatic carbocycles. The van der Waals surface area contributed by atoms with Gasteiger partial charge in [0.25, 0.3) is 0 Å². The number of benzene rings is 2. The number of carbonyl (C=O) groups excluding carboxylic acids is 1. The highest BCUT2D eigenvalue weighted by molar-refractivity contribution is 6.33. The zero-order valence-corrected chi connectivity index (χ0v) is 15.9. The van der Waals surface area contributed by atoms with Crippen LogP contribution in [0, 0.1) is 13.8 Å². The highest BCUT2D eigenvalue weighted by Crippen LogP contribution is 2.29. The number of carbonyl (C=O) groups is 1. The Hall–Kier alpha value is -3.19. The Bertz CT molecular complexity index is 951. The second-order valence-corrected chi connectivity index (χ2v) is 6.52. The first-order valence-corrected chi connectivity index (χ1v) is 8.66. The zero-order chi connectivity index (χ0) is 19.4. The van der Waals surface area contributed by atoms with Gasteiger partial charge < -0.3 is 16.0 Å². The van der Waals surface area contributed by atoms with E-state index < -0.39 is 0 Å². The van der Waals surface area contributed by atoms with E-state index in [1.165, 1.54) is 13.1 Å². The molecule has 0 saturated carbocycles. The van der Waals surface area contributed by atoms with Crippen molar-refractivity contribution >= 4 is 46.3 Å². The van der Waals surface area contributed by atoms with Gasteiger partial charge in [-0.15, -0.1) is 5.10 Å². The van der Waals surface area contributed by atoms with Crippen LogP contribution in [0.25, 0.3) is 0 Å². The number of nitrogens with one attached hydrogen (secondary N) is 3. The van der Waals surface area contributed by atoms with Crippen LogP contribution in [0.15, 0.2) is 42.6 Å². The first kappa shape index (κ1) is 18.6. The fraction of sp³-hybridized carbons (Fsp3) is 0.158. The van der Waals surface area contributed by atoms with E-state index in [0.29, 0.717) is 16.8 Å². The number of hydrogen-bond acceptors (Lipinski definition) is 6. The monoisotopic (exact) mass is 382 g/mol. The molecule has 0 aliphatic rings. The SMILES string of the molecule is CC(=O)Nc1ccc(Nc2cnnc(Nc3c(C)cc(C)cc3Cl)n2)cc1. The number of amides is 1. The maximum Gasteiger partial charge on any atom is 0.249 e. The number of anilines is 5. The molecule has 0 bridgehead atoms. The Balaban J connectivity index is 1.75. The van der Waals surface area contributed by atoms with Crippen LogP contribution < -0.4 is 16.0 Å². The Kier molecular flexibility index (Phi) is 5.52. The Morgan fingerprint density at radius 2 is 1.74 bits per heavy atom. The number of aryl methyl sites for hydroxylation is 2. The molecular weight excluding hydrogens is 364 g/mol. The van der Waals surface area contributed by atoms with Gasteiger partial charge in [0.1, 0.15) is 0 Å². The topological polar surface area (TPSA) is 91.8 Å². The lowest BCUT2D eigenvalue weighted by molar-refractivity contribution is -0.114. The van der Waals surface area contributed by atoms with Crippen molar-refractivity contribution in [3.63, 3.8) is 0 Å². The Morgan fingerprint density at radius 1 is 1.04 bits per heavy atom.